The molecular weight excluding hydrogens is 239 g/mol. The summed E-state index contributed by atoms with van der Waals surface area (Å²) < 4.78 is 48.4. The number of hydrogen-bond donors (Lipinski definition) is 1. The second-order valence-electron chi connectivity index (χ2n) is 3.05. The Balaban J connectivity index is 2.40. The van der Waals surface area contributed by atoms with E-state index in [0.29, 0.717) is 17.2 Å². The van der Waals surface area contributed by atoms with Crippen LogP contribution in [-0.2, 0) is 4.74 Å². The van der Waals surface area contributed by atoms with Gasteiger partial charge in [0.25, 0.3) is 0 Å². The normalized spacial score (nSPS) is 11.3. The average molecular weight is 251 g/mol. The molecular formula is C10H12F3NO3. The van der Waals surface area contributed by atoms with E-state index >= 15 is 0 Å². The van der Waals surface area contributed by atoms with Crippen molar-refractivity contribution < 1.29 is 27.4 Å². The van der Waals surface area contributed by atoms with Crippen molar-refractivity contribution in [1.82, 2.24) is 0 Å². The highest BCUT2D eigenvalue weighted by Crippen LogP contribution is 2.26. The van der Waals surface area contributed by atoms with Crippen LogP contribution in [0.1, 0.15) is 0 Å². The Morgan fingerprint density at radius 1 is 1.24 bits per heavy atom. The number of nitrogen functional groups attached to an aromatic ring is 1. The summed E-state index contributed by atoms with van der Waals surface area (Å²) in [6.45, 7) is -0.791. The Morgan fingerprint density at radius 3 is 2.47 bits per heavy atom. The first-order valence-electron chi connectivity index (χ1n) is 4.69. The zero-order valence-electron chi connectivity index (χ0n) is 9.08. The van der Waals surface area contributed by atoms with Crippen molar-refractivity contribution in [2.24, 2.45) is 0 Å². The van der Waals surface area contributed by atoms with Crippen molar-refractivity contribution in [3.63, 3.8) is 0 Å². The number of benzene rings is 1. The van der Waals surface area contributed by atoms with Crippen LogP contribution in [0.5, 0.6) is 11.5 Å². The second kappa shape index (κ2) is 5.62. The third kappa shape index (κ3) is 4.81. The SMILES string of the molecule is COc1ccc(OCCOC(F)(F)F)cc1N. The van der Waals surface area contributed by atoms with Crippen LogP contribution >= 0.6 is 0 Å². The molecule has 0 saturated heterocycles. The fourth-order valence-electron chi connectivity index (χ4n) is 1.12. The van der Waals surface area contributed by atoms with Crippen LogP contribution in [0.4, 0.5) is 18.9 Å². The third-order valence-corrected chi connectivity index (χ3v) is 1.82. The van der Waals surface area contributed by atoms with Gasteiger partial charge < -0.3 is 15.2 Å². The number of halogens is 3. The molecule has 0 bridgehead atoms. The zero-order chi connectivity index (χ0) is 12.9. The van der Waals surface area contributed by atoms with Gasteiger partial charge in [-0.1, -0.05) is 0 Å². The van der Waals surface area contributed by atoms with E-state index in [-0.39, 0.29) is 6.61 Å². The Kier molecular flexibility index (Phi) is 4.45. The van der Waals surface area contributed by atoms with Crippen LogP contribution in [0.2, 0.25) is 0 Å². The minimum absolute atomic E-state index is 0.217. The minimum Gasteiger partial charge on any atom is -0.495 e. The number of nitrogens with two attached hydrogens (primary N) is 1. The molecule has 2 N–H and O–H groups in total. The molecule has 0 amide bonds. The van der Waals surface area contributed by atoms with Gasteiger partial charge in [0.05, 0.1) is 19.4 Å². The molecule has 0 unspecified atom stereocenters. The molecule has 0 atom stereocenters. The molecule has 0 fully saturated rings. The van der Waals surface area contributed by atoms with Gasteiger partial charge in [-0.2, -0.15) is 0 Å². The van der Waals surface area contributed by atoms with Crippen molar-refractivity contribution in [2.45, 2.75) is 6.36 Å². The summed E-state index contributed by atoms with van der Waals surface area (Å²) in [6.07, 6.45) is -4.64. The Hall–Kier alpha value is -1.63. The lowest BCUT2D eigenvalue weighted by atomic mass is 10.3. The fraction of sp³-hybridized carbons (Fsp3) is 0.400. The number of methoxy groups -OCH3 is 1. The largest absolute Gasteiger partial charge is 0.522 e. The Bertz CT molecular complexity index is 368. The van der Waals surface area contributed by atoms with E-state index in [9.17, 15) is 13.2 Å². The second-order valence-corrected chi connectivity index (χ2v) is 3.05. The maximum Gasteiger partial charge on any atom is 0.522 e. The van der Waals surface area contributed by atoms with Crippen molar-refractivity contribution in [2.75, 3.05) is 26.1 Å². The van der Waals surface area contributed by atoms with Gasteiger partial charge in [-0.3, -0.25) is 4.74 Å². The first-order chi connectivity index (χ1) is 7.92. The highest BCUT2D eigenvalue weighted by Gasteiger charge is 2.28. The van der Waals surface area contributed by atoms with Crippen LogP contribution in [0.3, 0.4) is 0 Å². The van der Waals surface area contributed by atoms with E-state index in [1.165, 1.54) is 13.2 Å². The van der Waals surface area contributed by atoms with Gasteiger partial charge in [-0.15, -0.1) is 13.2 Å². The highest BCUT2D eigenvalue weighted by atomic mass is 19.4. The van der Waals surface area contributed by atoms with E-state index in [4.69, 9.17) is 15.2 Å². The van der Waals surface area contributed by atoms with Crippen molar-refractivity contribution in [3.05, 3.63) is 18.2 Å². The summed E-state index contributed by atoms with van der Waals surface area (Å²) >= 11 is 0. The lowest BCUT2D eigenvalue weighted by molar-refractivity contribution is -0.325. The molecule has 4 nitrogen and oxygen atoms in total. The number of ether oxygens (including phenoxy) is 3. The third-order valence-electron chi connectivity index (χ3n) is 1.82. The number of alkyl halides is 3. The van der Waals surface area contributed by atoms with E-state index in [1.54, 1.807) is 12.1 Å². The molecule has 0 spiro atoms. The maximum atomic E-state index is 11.6. The monoisotopic (exact) mass is 251 g/mol. The van der Waals surface area contributed by atoms with E-state index in [1.807, 2.05) is 0 Å². The molecule has 1 aromatic carbocycles. The predicted molar refractivity (Wildman–Crippen MR) is 54.9 cm³/mol. The highest BCUT2D eigenvalue weighted by molar-refractivity contribution is 5.56. The molecule has 0 radical (unpaired) electrons. The zero-order valence-corrected chi connectivity index (χ0v) is 9.08. The van der Waals surface area contributed by atoms with E-state index < -0.39 is 13.0 Å². The summed E-state index contributed by atoms with van der Waals surface area (Å²) in [4.78, 5) is 0. The van der Waals surface area contributed by atoms with Gasteiger partial charge in [0.15, 0.2) is 0 Å². The summed E-state index contributed by atoms with van der Waals surface area (Å²) in [6, 6.07) is 4.57. The Morgan fingerprint density at radius 2 is 1.94 bits per heavy atom. The first-order valence-corrected chi connectivity index (χ1v) is 4.69. The predicted octanol–water partition coefficient (Wildman–Crippen LogP) is 2.19. The first kappa shape index (κ1) is 13.4. The minimum atomic E-state index is -4.64. The number of rotatable bonds is 5. The van der Waals surface area contributed by atoms with E-state index in [0.717, 1.165) is 0 Å². The van der Waals surface area contributed by atoms with Gasteiger partial charge in [-0.25, -0.2) is 0 Å². The number of hydrogen-bond acceptors (Lipinski definition) is 4. The summed E-state index contributed by atoms with van der Waals surface area (Å²) in [7, 11) is 1.46. The molecule has 0 aliphatic carbocycles. The van der Waals surface area contributed by atoms with Crippen LogP contribution in [0.25, 0.3) is 0 Å². The molecule has 17 heavy (non-hydrogen) atoms. The number of anilines is 1. The average Bonchev–Trinajstić information content (AvgIpc) is 2.23. The van der Waals surface area contributed by atoms with Crippen molar-refractivity contribution in [3.8, 4) is 11.5 Å². The van der Waals surface area contributed by atoms with E-state index in [2.05, 4.69) is 4.74 Å². The van der Waals surface area contributed by atoms with Gasteiger partial charge in [0.1, 0.15) is 18.1 Å². The van der Waals surface area contributed by atoms with Gasteiger partial charge in [0, 0.05) is 6.07 Å². The van der Waals surface area contributed by atoms with Crippen molar-refractivity contribution >= 4 is 5.69 Å². The van der Waals surface area contributed by atoms with Crippen LogP contribution in [-0.4, -0.2) is 26.7 Å². The Labute approximate surface area is 96.1 Å². The van der Waals surface area contributed by atoms with Gasteiger partial charge in [0.2, 0.25) is 0 Å². The van der Waals surface area contributed by atoms with Crippen molar-refractivity contribution in [1.29, 1.82) is 0 Å². The summed E-state index contributed by atoms with van der Waals surface area (Å²) in [5.41, 5.74) is 5.94. The lowest BCUT2D eigenvalue weighted by Crippen LogP contribution is -2.18. The molecule has 0 aromatic heterocycles. The molecule has 1 aromatic rings. The molecule has 7 heteroatoms. The molecule has 0 heterocycles. The standard InChI is InChI=1S/C10H12F3NO3/c1-15-9-3-2-7(6-8(9)14)16-4-5-17-10(11,12)13/h2-3,6H,4-5,14H2,1H3. The molecule has 1 rings (SSSR count). The summed E-state index contributed by atoms with van der Waals surface area (Å²) in [5, 5.41) is 0. The van der Waals surface area contributed by atoms with Gasteiger partial charge in [-0.05, 0) is 12.1 Å². The molecule has 0 aliphatic heterocycles. The van der Waals surface area contributed by atoms with Crippen LogP contribution in [0, 0.1) is 0 Å². The smallest absolute Gasteiger partial charge is 0.495 e. The molecule has 0 saturated carbocycles. The van der Waals surface area contributed by atoms with Crippen LogP contribution < -0.4 is 15.2 Å². The maximum absolute atomic E-state index is 11.6. The van der Waals surface area contributed by atoms with Gasteiger partial charge >= 0.3 is 6.36 Å². The fourth-order valence-corrected chi connectivity index (χ4v) is 1.12. The van der Waals surface area contributed by atoms with Crippen LogP contribution in [0.15, 0.2) is 18.2 Å². The molecule has 0 aliphatic rings. The summed E-state index contributed by atoms with van der Waals surface area (Å²) in [5.74, 6) is 0.831. The topological polar surface area (TPSA) is 53.7 Å². The lowest BCUT2D eigenvalue weighted by Gasteiger charge is -2.10. The molecule has 96 valence electrons. The quantitative estimate of drug-likeness (QED) is 0.643.